The first-order valence-electron chi connectivity index (χ1n) is 9.34. The first kappa shape index (κ1) is 16.9. The molecule has 0 spiro atoms. The number of hydrogen-bond donors (Lipinski definition) is 0. The summed E-state index contributed by atoms with van der Waals surface area (Å²) < 4.78 is 40.0. The highest BCUT2D eigenvalue weighted by molar-refractivity contribution is 5.86. The summed E-state index contributed by atoms with van der Waals surface area (Å²) in [6, 6.07) is 9.59. The fourth-order valence-electron chi connectivity index (χ4n) is 5.37. The Bertz CT molecular complexity index is 954. The Balaban J connectivity index is 1.78. The van der Waals surface area contributed by atoms with E-state index in [0.717, 1.165) is 18.3 Å². The monoisotopic (exact) mass is 373 g/mol. The van der Waals surface area contributed by atoms with E-state index in [4.69, 9.17) is 0 Å². The van der Waals surface area contributed by atoms with Crippen molar-refractivity contribution in [3.05, 3.63) is 47.7 Å². The van der Waals surface area contributed by atoms with Gasteiger partial charge in [0.2, 0.25) is 0 Å². The van der Waals surface area contributed by atoms with Gasteiger partial charge in [0.05, 0.1) is 11.3 Å². The summed E-state index contributed by atoms with van der Waals surface area (Å²) in [7, 11) is 0. The number of para-hydroxylation sites is 1. The summed E-state index contributed by atoms with van der Waals surface area (Å²) in [4.78, 5) is 8.62. The first-order chi connectivity index (χ1) is 12.6. The molecule has 2 aliphatic heterocycles. The van der Waals surface area contributed by atoms with Crippen LogP contribution in [0.25, 0.3) is 0 Å². The molecule has 2 aromatic rings. The molecular weight excluding hydrogens is 351 g/mol. The van der Waals surface area contributed by atoms with Gasteiger partial charge in [-0.25, -0.2) is 4.98 Å². The van der Waals surface area contributed by atoms with Gasteiger partial charge >= 0.3 is 6.18 Å². The maximum atomic E-state index is 13.3. The van der Waals surface area contributed by atoms with E-state index in [0.29, 0.717) is 11.5 Å². The number of aromatic nitrogens is 1. The first-order valence-corrected chi connectivity index (χ1v) is 9.34. The molecule has 0 bridgehead atoms. The summed E-state index contributed by atoms with van der Waals surface area (Å²) in [5.74, 6) is 0.629. The number of alkyl halides is 3. The molecular formula is C21H22F3N3. The molecule has 1 aromatic heterocycles. The third-order valence-corrected chi connectivity index (χ3v) is 6.93. The largest absolute Gasteiger partial charge is 0.417 e. The minimum Gasteiger partial charge on any atom is -0.345 e. The van der Waals surface area contributed by atoms with Crippen LogP contribution >= 0.6 is 0 Å². The Morgan fingerprint density at radius 3 is 2.52 bits per heavy atom. The molecule has 0 radical (unpaired) electrons. The van der Waals surface area contributed by atoms with Gasteiger partial charge in [-0.05, 0) is 38.0 Å². The standard InChI is InChI=1S/C21H22F3N3/c1-12(2)26-16-9-13(21(22,23)24)10-25-17(16)27-15-8-6-5-7-14(15)19(3)11-20(19,4)18(26)27/h5-10,12,18H,11H2,1-4H3. The normalized spacial score (nSPS) is 30.7. The summed E-state index contributed by atoms with van der Waals surface area (Å²) in [6.07, 6.45) is -2.44. The van der Waals surface area contributed by atoms with Crippen LogP contribution in [0, 0.1) is 5.41 Å². The number of rotatable bonds is 1. The van der Waals surface area contributed by atoms with Crippen molar-refractivity contribution in [1.82, 2.24) is 4.98 Å². The van der Waals surface area contributed by atoms with Crippen LogP contribution in [0.4, 0.5) is 30.4 Å². The number of pyridine rings is 1. The van der Waals surface area contributed by atoms with E-state index in [-0.39, 0.29) is 23.0 Å². The second-order valence-corrected chi connectivity index (χ2v) is 8.75. The topological polar surface area (TPSA) is 19.4 Å². The average molecular weight is 373 g/mol. The Labute approximate surface area is 156 Å². The smallest absolute Gasteiger partial charge is 0.345 e. The lowest BCUT2D eigenvalue weighted by Gasteiger charge is -2.45. The second kappa shape index (κ2) is 4.78. The fourth-order valence-corrected chi connectivity index (χ4v) is 5.37. The van der Waals surface area contributed by atoms with Crippen LogP contribution in [0.2, 0.25) is 0 Å². The van der Waals surface area contributed by atoms with Crippen LogP contribution in [-0.4, -0.2) is 17.2 Å². The highest BCUT2D eigenvalue weighted by atomic mass is 19.4. The van der Waals surface area contributed by atoms with Crippen LogP contribution in [0.15, 0.2) is 36.5 Å². The maximum Gasteiger partial charge on any atom is 0.417 e. The Morgan fingerprint density at radius 2 is 1.85 bits per heavy atom. The number of hydrogen-bond acceptors (Lipinski definition) is 3. The van der Waals surface area contributed by atoms with Crippen molar-refractivity contribution in [2.24, 2.45) is 5.41 Å². The van der Waals surface area contributed by atoms with Gasteiger partial charge < -0.3 is 9.80 Å². The summed E-state index contributed by atoms with van der Waals surface area (Å²) in [5, 5.41) is 0. The van der Waals surface area contributed by atoms with E-state index in [1.54, 1.807) is 0 Å². The quantitative estimate of drug-likeness (QED) is 0.660. The zero-order chi connectivity index (χ0) is 19.4. The van der Waals surface area contributed by atoms with Crippen molar-refractivity contribution in [2.45, 2.75) is 57.9 Å². The Morgan fingerprint density at radius 1 is 1.15 bits per heavy atom. The van der Waals surface area contributed by atoms with Crippen LogP contribution in [0.3, 0.4) is 0 Å². The Hall–Kier alpha value is -2.24. The highest BCUT2D eigenvalue weighted by Gasteiger charge is 2.73. The molecule has 6 heteroatoms. The molecule has 0 N–H and O–H groups in total. The van der Waals surface area contributed by atoms with Gasteiger partial charge in [0.1, 0.15) is 6.17 Å². The number of nitrogens with zero attached hydrogens (tertiary/aromatic N) is 3. The highest BCUT2D eigenvalue weighted by Crippen LogP contribution is 2.74. The second-order valence-electron chi connectivity index (χ2n) is 8.75. The Kier molecular flexibility index (Phi) is 2.99. The van der Waals surface area contributed by atoms with Crippen molar-refractivity contribution in [3.8, 4) is 0 Å². The molecule has 3 nitrogen and oxygen atoms in total. The van der Waals surface area contributed by atoms with Gasteiger partial charge in [0.25, 0.3) is 0 Å². The van der Waals surface area contributed by atoms with E-state index in [1.807, 2.05) is 26.0 Å². The van der Waals surface area contributed by atoms with Crippen molar-refractivity contribution in [2.75, 3.05) is 9.80 Å². The van der Waals surface area contributed by atoms with Gasteiger partial charge in [-0.15, -0.1) is 0 Å². The van der Waals surface area contributed by atoms with Gasteiger partial charge in [-0.3, -0.25) is 0 Å². The third-order valence-electron chi connectivity index (χ3n) is 6.93. The average Bonchev–Trinajstić information content (AvgIpc) is 3.03. The molecule has 1 saturated carbocycles. The summed E-state index contributed by atoms with van der Waals surface area (Å²) in [5.41, 5.74) is 2.22. The lowest BCUT2D eigenvalue weighted by Crippen LogP contribution is -2.54. The maximum absolute atomic E-state index is 13.3. The van der Waals surface area contributed by atoms with Crippen LogP contribution in [-0.2, 0) is 11.6 Å². The molecule has 142 valence electrons. The summed E-state index contributed by atoms with van der Waals surface area (Å²) in [6.45, 7) is 8.61. The van der Waals surface area contributed by atoms with Crippen molar-refractivity contribution in [1.29, 1.82) is 0 Å². The van der Waals surface area contributed by atoms with Crippen molar-refractivity contribution < 1.29 is 13.2 Å². The lowest BCUT2D eigenvalue weighted by molar-refractivity contribution is -0.137. The predicted octanol–water partition coefficient (Wildman–Crippen LogP) is 5.47. The number of benzene rings is 1. The van der Waals surface area contributed by atoms with Crippen LogP contribution < -0.4 is 9.80 Å². The van der Waals surface area contributed by atoms with E-state index in [2.05, 4.69) is 40.8 Å². The van der Waals surface area contributed by atoms with E-state index >= 15 is 0 Å². The minimum atomic E-state index is -4.40. The number of halogens is 3. The summed E-state index contributed by atoms with van der Waals surface area (Å²) >= 11 is 0. The van der Waals surface area contributed by atoms with E-state index in [9.17, 15) is 13.2 Å². The van der Waals surface area contributed by atoms with Gasteiger partial charge in [0.15, 0.2) is 5.82 Å². The molecule has 1 fully saturated rings. The van der Waals surface area contributed by atoms with E-state index in [1.165, 1.54) is 11.6 Å². The zero-order valence-electron chi connectivity index (χ0n) is 15.8. The van der Waals surface area contributed by atoms with Gasteiger partial charge in [0, 0.05) is 28.8 Å². The molecule has 3 heterocycles. The number of fused-ring (bicyclic) bond motifs is 8. The number of anilines is 3. The predicted molar refractivity (Wildman–Crippen MR) is 99.3 cm³/mol. The van der Waals surface area contributed by atoms with Gasteiger partial charge in [-0.1, -0.05) is 32.0 Å². The molecule has 5 rings (SSSR count). The molecule has 3 aliphatic rings. The van der Waals surface area contributed by atoms with E-state index < -0.39 is 11.7 Å². The fraction of sp³-hybridized carbons (Fsp3) is 0.476. The zero-order valence-corrected chi connectivity index (χ0v) is 15.8. The molecule has 3 unspecified atom stereocenters. The van der Waals surface area contributed by atoms with Crippen LogP contribution in [0.1, 0.15) is 45.2 Å². The molecule has 1 aromatic carbocycles. The van der Waals surface area contributed by atoms with Gasteiger partial charge in [-0.2, -0.15) is 13.2 Å². The van der Waals surface area contributed by atoms with Crippen molar-refractivity contribution in [3.63, 3.8) is 0 Å². The minimum absolute atomic E-state index is 0.0246. The molecule has 3 atom stereocenters. The van der Waals surface area contributed by atoms with Crippen LogP contribution in [0.5, 0.6) is 0 Å². The van der Waals surface area contributed by atoms with Crippen molar-refractivity contribution >= 4 is 17.2 Å². The third kappa shape index (κ3) is 1.91. The SMILES string of the molecule is CC(C)N1c2cc(C(F)(F)F)cnc2N2c3ccccc3C3(C)CC3(C)C21. The molecule has 0 amide bonds. The lowest BCUT2D eigenvalue weighted by atomic mass is 9.81. The molecule has 27 heavy (non-hydrogen) atoms. The molecule has 1 aliphatic carbocycles. The molecule has 0 saturated heterocycles.